The first-order valence-corrected chi connectivity index (χ1v) is 3.81. The molecular weight excluding hydrogens is 146 g/mol. The third kappa shape index (κ3) is 1.30. The smallest absolute Gasteiger partial charge is 0.404 e. The topological polar surface area (TPSA) is 61.9 Å². The highest BCUT2D eigenvalue weighted by atomic mass is 16.6. The van der Waals surface area contributed by atoms with Gasteiger partial charge in [0.25, 0.3) is 0 Å². The van der Waals surface area contributed by atoms with Crippen LogP contribution in [0.3, 0.4) is 0 Å². The molecule has 1 amide bonds. The molecule has 0 bridgehead atoms. The van der Waals surface area contributed by atoms with Crippen molar-refractivity contribution in [3.05, 3.63) is 0 Å². The van der Waals surface area contributed by atoms with Crippen LogP contribution in [0.15, 0.2) is 0 Å². The van der Waals surface area contributed by atoms with Gasteiger partial charge in [-0.3, -0.25) is 0 Å². The fourth-order valence-corrected chi connectivity index (χ4v) is 1.71. The minimum absolute atomic E-state index is 0.199. The van der Waals surface area contributed by atoms with Gasteiger partial charge >= 0.3 is 6.09 Å². The Kier molecular flexibility index (Phi) is 1.32. The molecule has 11 heavy (non-hydrogen) atoms. The zero-order valence-corrected chi connectivity index (χ0v) is 6.17. The van der Waals surface area contributed by atoms with E-state index in [-0.39, 0.29) is 5.60 Å². The molecule has 4 heteroatoms. The SMILES string of the molecule is O=C(O)NCC1CC2(CO2)C1. The van der Waals surface area contributed by atoms with Crippen LogP contribution in [0, 0.1) is 5.92 Å². The average molecular weight is 157 g/mol. The van der Waals surface area contributed by atoms with Crippen molar-refractivity contribution in [1.82, 2.24) is 5.32 Å². The van der Waals surface area contributed by atoms with Crippen molar-refractivity contribution >= 4 is 6.09 Å². The number of nitrogens with one attached hydrogen (secondary N) is 1. The number of ether oxygens (including phenoxy) is 1. The summed E-state index contributed by atoms with van der Waals surface area (Å²) < 4.78 is 5.19. The number of epoxide rings is 1. The van der Waals surface area contributed by atoms with Crippen LogP contribution in [0.4, 0.5) is 4.79 Å². The van der Waals surface area contributed by atoms with Crippen LogP contribution in [0.1, 0.15) is 12.8 Å². The molecule has 0 aromatic heterocycles. The Hall–Kier alpha value is -0.770. The van der Waals surface area contributed by atoms with E-state index in [9.17, 15) is 4.79 Å². The van der Waals surface area contributed by atoms with Gasteiger partial charge in [-0.1, -0.05) is 0 Å². The molecule has 1 aliphatic heterocycles. The summed E-state index contributed by atoms with van der Waals surface area (Å²) in [5.74, 6) is 0.508. The van der Waals surface area contributed by atoms with Gasteiger partial charge in [0, 0.05) is 6.54 Å². The van der Waals surface area contributed by atoms with E-state index in [2.05, 4.69) is 5.32 Å². The maximum atomic E-state index is 10.1. The van der Waals surface area contributed by atoms with E-state index >= 15 is 0 Å². The van der Waals surface area contributed by atoms with Crippen molar-refractivity contribution in [2.24, 2.45) is 5.92 Å². The number of hydrogen-bond donors (Lipinski definition) is 2. The Balaban J connectivity index is 1.63. The Morgan fingerprint density at radius 1 is 1.73 bits per heavy atom. The van der Waals surface area contributed by atoms with Gasteiger partial charge in [-0.25, -0.2) is 4.79 Å². The van der Waals surface area contributed by atoms with Gasteiger partial charge in [0.05, 0.1) is 12.2 Å². The largest absolute Gasteiger partial charge is 0.465 e. The molecule has 0 aromatic rings. The molecule has 2 rings (SSSR count). The van der Waals surface area contributed by atoms with Crippen molar-refractivity contribution in [3.8, 4) is 0 Å². The minimum atomic E-state index is -0.928. The summed E-state index contributed by atoms with van der Waals surface area (Å²) in [6.45, 7) is 1.47. The molecule has 2 N–H and O–H groups in total. The molecule has 1 spiro atoms. The van der Waals surface area contributed by atoms with E-state index in [0.717, 1.165) is 19.4 Å². The molecule has 1 saturated carbocycles. The zero-order valence-electron chi connectivity index (χ0n) is 6.17. The zero-order chi connectivity index (χ0) is 7.90. The van der Waals surface area contributed by atoms with E-state index in [0.29, 0.717) is 12.5 Å². The lowest BCUT2D eigenvalue weighted by Crippen LogP contribution is -2.40. The number of hydrogen-bond acceptors (Lipinski definition) is 2. The Bertz CT molecular complexity index is 180. The predicted octanol–water partition coefficient (Wildman–Crippen LogP) is 0.433. The van der Waals surface area contributed by atoms with Gasteiger partial charge in [-0.05, 0) is 18.8 Å². The number of carboxylic acid groups (broad SMARTS) is 1. The first-order valence-electron chi connectivity index (χ1n) is 3.81. The summed E-state index contributed by atoms with van der Waals surface area (Å²) in [6.07, 6.45) is 1.14. The van der Waals surface area contributed by atoms with Crippen LogP contribution in [0.2, 0.25) is 0 Å². The first kappa shape index (κ1) is 6.91. The molecule has 62 valence electrons. The van der Waals surface area contributed by atoms with Gasteiger partial charge in [0.1, 0.15) is 0 Å². The molecular formula is C7H11NO3. The molecule has 1 heterocycles. The van der Waals surface area contributed by atoms with Gasteiger partial charge in [0.15, 0.2) is 0 Å². The van der Waals surface area contributed by atoms with Crippen LogP contribution in [-0.4, -0.2) is 30.0 Å². The van der Waals surface area contributed by atoms with Crippen molar-refractivity contribution in [2.45, 2.75) is 18.4 Å². The summed E-state index contributed by atoms with van der Waals surface area (Å²) in [6, 6.07) is 0. The Morgan fingerprint density at radius 2 is 2.36 bits per heavy atom. The fourth-order valence-electron chi connectivity index (χ4n) is 1.71. The molecule has 2 fully saturated rings. The summed E-state index contributed by atoms with van der Waals surface area (Å²) in [5.41, 5.74) is 0.199. The highest BCUT2D eigenvalue weighted by Crippen LogP contribution is 2.49. The third-order valence-corrected chi connectivity index (χ3v) is 2.42. The Labute approximate surface area is 64.5 Å². The maximum Gasteiger partial charge on any atom is 0.404 e. The predicted molar refractivity (Wildman–Crippen MR) is 37.4 cm³/mol. The second-order valence-corrected chi connectivity index (χ2v) is 3.43. The number of amides is 1. The summed E-state index contributed by atoms with van der Waals surface area (Å²) >= 11 is 0. The van der Waals surface area contributed by atoms with Crippen molar-refractivity contribution in [1.29, 1.82) is 0 Å². The van der Waals surface area contributed by atoms with E-state index in [1.54, 1.807) is 0 Å². The summed E-state index contributed by atoms with van der Waals surface area (Å²) in [5, 5.41) is 10.7. The molecule has 1 aliphatic carbocycles. The fraction of sp³-hybridized carbons (Fsp3) is 0.857. The highest BCUT2D eigenvalue weighted by Gasteiger charge is 2.54. The quantitative estimate of drug-likeness (QED) is 0.571. The number of rotatable bonds is 2. The highest BCUT2D eigenvalue weighted by molar-refractivity contribution is 5.64. The molecule has 1 saturated heterocycles. The second kappa shape index (κ2) is 2.11. The normalized spacial score (nSPS) is 39.8. The standard InChI is InChI=1S/C7H11NO3/c9-6(10)8-3-5-1-7(2-5)4-11-7/h5,8H,1-4H2,(H,9,10). The number of carbonyl (C=O) groups is 1. The maximum absolute atomic E-state index is 10.1. The van der Waals surface area contributed by atoms with Gasteiger partial charge in [-0.2, -0.15) is 0 Å². The van der Waals surface area contributed by atoms with E-state index < -0.39 is 6.09 Å². The third-order valence-electron chi connectivity index (χ3n) is 2.42. The molecule has 0 atom stereocenters. The van der Waals surface area contributed by atoms with Crippen LogP contribution in [-0.2, 0) is 4.74 Å². The first-order chi connectivity index (χ1) is 5.20. The summed E-state index contributed by atoms with van der Waals surface area (Å²) in [4.78, 5) is 10.1. The minimum Gasteiger partial charge on any atom is -0.465 e. The van der Waals surface area contributed by atoms with Crippen LogP contribution in [0.5, 0.6) is 0 Å². The molecule has 0 radical (unpaired) electrons. The van der Waals surface area contributed by atoms with E-state index in [1.165, 1.54) is 0 Å². The van der Waals surface area contributed by atoms with Gasteiger partial charge in [0.2, 0.25) is 0 Å². The van der Waals surface area contributed by atoms with Gasteiger partial charge < -0.3 is 15.2 Å². The average Bonchev–Trinajstić information content (AvgIpc) is 2.58. The Morgan fingerprint density at radius 3 is 2.82 bits per heavy atom. The molecule has 0 aromatic carbocycles. The molecule has 0 unspecified atom stereocenters. The summed E-state index contributed by atoms with van der Waals surface area (Å²) in [7, 11) is 0. The van der Waals surface area contributed by atoms with Gasteiger partial charge in [-0.15, -0.1) is 0 Å². The molecule has 2 aliphatic rings. The monoisotopic (exact) mass is 157 g/mol. The van der Waals surface area contributed by atoms with Crippen LogP contribution in [0.25, 0.3) is 0 Å². The second-order valence-electron chi connectivity index (χ2n) is 3.43. The molecule has 4 nitrogen and oxygen atoms in total. The van der Waals surface area contributed by atoms with E-state index in [1.807, 2.05) is 0 Å². The lowest BCUT2D eigenvalue weighted by molar-refractivity contribution is 0.121. The van der Waals surface area contributed by atoms with E-state index in [4.69, 9.17) is 9.84 Å². The lowest BCUT2D eigenvalue weighted by Gasteiger charge is -2.32. The van der Waals surface area contributed by atoms with Crippen molar-refractivity contribution in [3.63, 3.8) is 0 Å². The van der Waals surface area contributed by atoms with Crippen LogP contribution < -0.4 is 5.32 Å². The van der Waals surface area contributed by atoms with Crippen LogP contribution >= 0.6 is 0 Å². The van der Waals surface area contributed by atoms with Crippen molar-refractivity contribution in [2.75, 3.05) is 13.2 Å². The lowest BCUT2D eigenvalue weighted by atomic mass is 9.75. The van der Waals surface area contributed by atoms with Crippen molar-refractivity contribution < 1.29 is 14.6 Å².